The Labute approximate surface area is 105 Å². The third kappa shape index (κ3) is 4.17. The zero-order chi connectivity index (χ0) is 11.3. The number of halogens is 1. The summed E-state index contributed by atoms with van der Waals surface area (Å²) in [6, 6.07) is 6.47. The molecule has 0 radical (unpaired) electrons. The van der Waals surface area contributed by atoms with Crippen LogP contribution in [0.15, 0.2) is 27.6 Å². The molecule has 15 heavy (non-hydrogen) atoms. The van der Waals surface area contributed by atoms with Gasteiger partial charge in [-0.1, -0.05) is 29.8 Å². The average Bonchev–Trinajstić information content (AvgIpc) is 2.22. The summed E-state index contributed by atoms with van der Waals surface area (Å²) in [4.78, 5) is 1.37. The van der Waals surface area contributed by atoms with Crippen molar-refractivity contribution in [3.8, 4) is 0 Å². The highest BCUT2D eigenvalue weighted by Gasteiger charge is 2.07. The Morgan fingerprint density at radius 3 is 2.80 bits per heavy atom. The monoisotopic (exact) mass is 287 g/mol. The van der Waals surface area contributed by atoms with Crippen LogP contribution < -0.4 is 5.73 Å². The lowest BCUT2D eigenvalue weighted by molar-refractivity contribution is 0.898. The first-order chi connectivity index (χ1) is 7.17. The fourth-order valence-corrected chi connectivity index (χ4v) is 2.78. The van der Waals surface area contributed by atoms with E-state index in [4.69, 9.17) is 5.73 Å². The molecule has 0 aliphatic rings. The molecule has 1 aromatic carbocycles. The smallest absolute Gasteiger partial charge is 0.0178 e. The van der Waals surface area contributed by atoms with Gasteiger partial charge in [-0.15, -0.1) is 11.8 Å². The molecule has 0 aliphatic heterocycles. The van der Waals surface area contributed by atoms with Crippen molar-refractivity contribution in [3.63, 3.8) is 0 Å². The molecule has 0 bridgehead atoms. The Morgan fingerprint density at radius 1 is 1.47 bits per heavy atom. The maximum absolute atomic E-state index is 5.62. The normalized spacial score (nSPS) is 12.8. The molecule has 1 unspecified atom stereocenters. The third-order valence-corrected chi connectivity index (χ3v) is 4.22. The minimum absolute atomic E-state index is 0.669. The molecule has 3 heteroatoms. The number of hydrogen-bond acceptors (Lipinski definition) is 2. The highest BCUT2D eigenvalue weighted by molar-refractivity contribution is 9.10. The summed E-state index contributed by atoms with van der Waals surface area (Å²) in [5.74, 6) is 0. The van der Waals surface area contributed by atoms with Crippen LogP contribution in [0.2, 0.25) is 0 Å². The molecule has 1 nitrogen and oxygen atoms in total. The van der Waals surface area contributed by atoms with Crippen LogP contribution in [0.1, 0.15) is 25.8 Å². The van der Waals surface area contributed by atoms with E-state index in [-0.39, 0.29) is 0 Å². The molecule has 0 amide bonds. The maximum Gasteiger partial charge on any atom is 0.0178 e. The van der Waals surface area contributed by atoms with Crippen LogP contribution in [0.25, 0.3) is 0 Å². The van der Waals surface area contributed by atoms with Crippen molar-refractivity contribution in [2.75, 3.05) is 6.54 Å². The fraction of sp³-hybridized carbons (Fsp3) is 0.500. The molecule has 1 atom stereocenters. The van der Waals surface area contributed by atoms with Crippen LogP contribution >= 0.6 is 27.7 Å². The van der Waals surface area contributed by atoms with Crippen molar-refractivity contribution in [1.29, 1.82) is 0 Å². The predicted octanol–water partition coefficient (Wildman–Crippen LogP) is 3.84. The zero-order valence-corrected chi connectivity index (χ0v) is 11.7. The second kappa shape index (κ2) is 6.56. The fourth-order valence-electron chi connectivity index (χ4n) is 1.31. The van der Waals surface area contributed by atoms with Gasteiger partial charge in [-0.3, -0.25) is 0 Å². The highest BCUT2D eigenvalue weighted by Crippen LogP contribution is 2.30. The minimum atomic E-state index is 0.669. The summed E-state index contributed by atoms with van der Waals surface area (Å²) in [5, 5.41) is 0.669. The van der Waals surface area contributed by atoms with E-state index in [1.165, 1.54) is 16.9 Å². The Balaban J connectivity index is 2.85. The lowest BCUT2D eigenvalue weighted by Gasteiger charge is -2.12. The van der Waals surface area contributed by atoms with Crippen LogP contribution in [-0.2, 0) is 6.42 Å². The van der Waals surface area contributed by atoms with Gasteiger partial charge in [-0.25, -0.2) is 0 Å². The third-order valence-electron chi connectivity index (χ3n) is 2.34. The Kier molecular flexibility index (Phi) is 5.72. The lowest BCUT2D eigenvalue weighted by atomic mass is 10.1. The molecule has 0 spiro atoms. The van der Waals surface area contributed by atoms with Gasteiger partial charge >= 0.3 is 0 Å². The highest BCUT2D eigenvalue weighted by atomic mass is 79.9. The van der Waals surface area contributed by atoms with Crippen LogP contribution in [0.3, 0.4) is 0 Å². The number of rotatable bonds is 5. The Hall–Kier alpha value is 0.01000. The van der Waals surface area contributed by atoms with Crippen LogP contribution in [0.5, 0.6) is 0 Å². The number of thioether (sulfide) groups is 1. The van der Waals surface area contributed by atoms with Crippen molar-refractivity contribution in [3.05, 3.63) is 28.2 Å². The van der Waals surface area contributed by atoms with Gasteiger partial charge in [0.15, 0.2) is 0 Å². The zero-order valence-electron chi connectivity index (χ0n) is 9.29. The minimum Gasteiger partial charge on any atom is -0.330 e. The van der Waals surface area contributed by atoms with Gasteiger partial charge in [0.2, 0.25) is 0 Å². The van der Waals surface area contributed by atoms with Crippen molar-refractivity contribution < 1.29 is 0 Å². The predicted molar refractivity (Wildman–Crippen MR) is 72.5 cm³/mol. The first kappa shape index (κ1) is 13.1. The molecule has 84 valence electrons. The number of nitrogens with two attached hydrogens (primary N) is 1. The molecular weight excluding hydrogens is 270 g/mol. The second-order valence-electron chi connectivity index (χ2n) is 3.63. The summed E-state index contributed by atoms with van der Waals surface area (Å²) in [6.07, 6.45) is 2.15. The van der Waals surface area contributed by atoms with Crippen LogP contribution in [0, 0.1) is 0 Å². The van der Waals surface area contributed by atoms with E-state index in [0.29, 0.717) is 11.8 Å². The number of hydrogen-bond donors (Lipinski definition) is 1. The van der Waals surface area contributed by atoms with Crippen molar-refractivity contribution in [2.45, 2.75) is 36.8 Å². The first-order valence-corrected chi connectivity index (χ1v) is 6.99. The van der Waals surface area contributed by atoms with E-state index in [9.17, 15) is 0 Å². The Morgan fingerprint density at radius 2 is 2.20 bits per heavy atom. The molecule has 0 saturated carbocycles. The van der Waals surface area contributed by atoms with E-state index < -0.39 is 0 Å². The topological polar surface area (TPSA) is 26.0 Å². The van der Waals surface area contributed by atoms with Crippen molar-refractivity contribution in [1.82, 2.24) is 0 Å². The van der Waals surface area contributed by atoms with Crippen molar-refractivity contribution >= 4 is 27.7 Å². The van der Waals surface area contributed by atoms with Gasteiger partial charge in [-0.2, -0.15) is 0 Å². The van der Waals surface area contributed by atoms with E-state index in [1.807, 2.05) is 11.8 Å². The van der Waals surface area contributed by atoms with Gasteiger partial charge in [0, 0.05) is 14.6 Å². The molecular formula is C12H18BrNS. The SMILES string of the molecule is CCC(C)Sc1ccc(Br)cc1CCN. The second-order valence-corrected chi connectivity index (χ2v) is 6.02. The summed E-state index contributed by atoms with van der Waals surface area (Å²) >= 11 is 5.44. The lowest BCUT2D eigenvalue weighted by Crippen LogP contribution is -2.04. The first-order valence-electron chi connectivity index (χ1n) is 5.32. The van der Waals surface area contributed by atoms with E-state index in [1.54, 1.807) is 0 Å². The molecule has 0 aliphatic carbocycles. The van der Waals surface area contributed by atoms with Crippen LogP contribution in [0.4, 0.5) is 0 Å². The Bertz CT molecular complexity index is 314. The summed E-state index contributed by atoms with van der Waals surface area (Å²) in [7, 11) is 0. The van der Waals surface area contributed by atoms with E-state index in [0.717, 1.165) is 10.9 Å². The molecule has 0 saturated heterocycles. The largest absolute Gasteiger partial charge is 0.330 e. The average molecular weight is 288 g/mol. The van der Waals surface area contributed by atoms with Gasteiger partial charge < -0.3 is 5.73 Å². The summed E-state index contributed by atoms with van der Waals surface area (Å²) < 4.78 is 1.14. The molecule has 0 aromatic heterocycles. The number of benzene rings is 1. The molecule has 1 rings (SSSR count). The van der Waals surface area contributed by atoms with E-state index in [2.05, 4.69) is 48.0 Å². The summed E-state index contributed by atoms with van der Waals surface area (Å²) in [6.45, 7) is 5.20. The standard InChI is InChI=1S/C12H18BrNS/c1-3-9(2)15-12-5-4-11(13)8-10(12)6-7-14/h4-5,8-9H,3,6-7,14H2,1-2H3. The molecule has 2 N–H and O–H groups in total. The maximum atomic E-state index is 5.62. The van der Waals surface area contributed by atoms with Gasteiger partial charge in [0.05, 0.1) is 0 Å². The molecule has 1 aromatic rings. The van der Waals surface area contributed by atoms with Gasteiger partial charge in [0.25, 0.3) is 0 Å². The van der Waals surface area contributed by atoms with Crippen LogP contribution in [-0.4, -0.2) is 11.8 Å². The quantitative estimate of drug-likeness (QED) is 0.833. The van der Waals surface area contributed by atoms with Gasteiger partial charge in [0.1, 0.15) is 0 Å². The van der Waals surface area contributed by atoms with E-state index >= 15 is 0 Å². The van der Waals surface area contributed by atoms with Crippen molar-refractivity contribution in [2.24, 2.45) is 5.73 Å². The molecule has 0 fully saturated rings. The summed E-state index contributed by atoms with van der Waals surface area (Å²) in [5.41, 5.74) is 6.98. The molecule has 0 heterocycles. The van der Waals surface area contributed by atoms with Gasteiger partial charge in [-0.05, 0) is 43.1 Å².